The number of rotatable bonds is 5. The lowest BCUT2D eigenvalue weighted by atomic mass is 10.2. The summed E-state index contributed by atoms with van der Waals surface area (Å²) in [4.78, 5) is 16.4. The second-order valence-electron chi connectivity index (χ2n) is 7.03. The fourth-order valence-corrected chi connectivity index (χ4v) is 2.87. The molecule has 0 aliphatic heterocycles. The summed E-state index contributed by atoms with van der Waals surface area (Å²) in [5, 5.41) is 5.60. The molecule has 136 valence electrons. The molecule has 0 fully saturated rings. The molecule has 7 heteroatoms. The zero-order valence-corrected chi connectivity index (χ0v) is 16.1. The van der Waals surface area contributed by atoms with E-state index in [1.807, 2.05) is 5.38 Å². The minimum Gasteiger partial charge on any atom is -0.486 e. The highest BCUT2D eigenvalue weighted by Crippen LogP contribution is 2.25. The molecular weight excluding hydrogens is 338 g/mol. The second-order valence-corrected chi connectivity index (χ2v) is 7.97. The molecule has 0 spiro atoms. The van der Waals surface area contributed by atoms with Crippen molar-refractivity contribution >= 4 is 28.8 Å². The number of nitrogens with one attached hydrogen (secondary N) is 1. The summed E-state index contributed by atoms with van der Waals surface area (Å²) < 4.78 is 11.0. The third-order valence-electron chi connectivity index (χ3n) is 3.10. The number of hydrogen-bond acceptors (Lipinski definition) is 6. The molecule has 0 unspecified atom stereocenters. The van der Waals surface area contributed by atoms with Crippen LogP contribution in [0.1, 0.15) is 51.2 Å². The zero-order chi connectivity index (χ0) is 18.6. The lowest BCUT2D eigenvalue weighted by Gasteiger charge is -2.20. The molecule has 0 aliphatic rings. The maximum atomic E-state index is 11.9. The number of aromatic nitrogens is 1. The number of benzene rings is 1. The first-order valence-electron chi connectivity index (χ1n) is 8.10. The molecule has 0 bridgehead atoms. The van der Waals surface area contributed by atoms with Crippen molar-refractivity contribution in [2.75, 3.05) is 11.1 Å². The molecule has 0 aliphatic carbocycles. The van der Waals surface area contributed by atoms with Crippen LogP contribution in [-0.4, -0.2) is 16.7 Å². The Morgan fingerprint density at radius 2 is 2.04 bits per heavy atom. The van der Waals surface area contributed by atoms with Crippen molar-refractivity contribution in [2.24, 2.45) is 0 Å². The lowest BCUT2D eigenvalue weighted by Crippen LogP contribution is -2.27. The SMILES string of the molecule is CC(C)c1csc(COc2cc(N)cc(NC(=O)OC(C)(C)C)c2)n1. The number of carbonyl (C=O) groups is 1. The number of nitrogens with two attached hydrogens (primary N) is 1. The van der Waals surface area contributed by atoms with Gasteiger partial charge in [-0.25, -0.2) is 9.78 Å². The van der Waals surface area contributed by atoms with E-state index in [0.717, 1.165) is 10.7 Å². The van der Waals surface area contributed by atoms with E-state index >= 15 is 0 Å². The number of anilines is 2. The molecule has 6 nitrogen and oxygen atoms in total. The van der Waals surface area contributed by atoms with E-state index in [4.69, 9.17) is 15.2 Å². The minimum absolute atomic E-state index is 0.354. The van der Waals surface area contributed by atoms with Gasteiger partial charge in [-0.3, -0.25) is 5.32 Å². The Kier molecular flexibility index (Phi) is 5.89. The first-order valence-corrected chi connectivity index (χ1v) is 8.98. The van der Waals surface area contributed by atoms with Crippen LogP contribution in [0.4, 0.5) is 16.2 Å². The van der Waals surface area contributed by atoms with Gasteiger partial charge < -0.3 is 15.2 Å². The monoisotopic (exact) mass is 363 g/mol. The Bertz CT molecular complexity index is 735. The molecule has 2 rings (SSSR count). The van der Waals surface area contributed by atoms with Gasteiger partial charge in [-0.15, -0.1) is 11.3 Å². The van der Waals surface area contributed by atoms with Gasteiger partial charge in [-0.05, 0) is 32.8 Å². The van der Waals surface area contributed by atoms with Crippen molar-refractivity contribution in [3.8, 4) is 5.75 Å². The van der Waals surface area contributed by atoms with Gasteiger partial charge in [-0.2, -0.15) is 0 Å². The molecule has 0 saturated heterocycles. The summed E-state index contributed by atoms with van der Waals surface area (Å²) in [6, 6.07) is 5.06. The van der Waals surface area contributed by atoms with Crippen molar-refractivity contribution in [1.82, 2.24) is 4.98 Å². The summed E-state index contributed by atoms with van der Waals surface area (Å²) in [6.07, 6.45) is -0.537. The van der Waals surface area contributed by atoms with Gasteiger partial charge >= 0.3 is 6.09 Å². The molecular formula is C18H25N3O3S. The molecule has 1 amide bonds. The van der Waals surface area contributed by atoms with E-state index in [2.05, 4.69) is 24.1 Å². The highest BCUT2D eigenvalue weighted by molar-refractivity contribution is 7.09. The number of hydrogen-bond donors (Lipinski definition) is 2. The predicted octanol–water partition coefficient (Wildman–Crippen LogP) is 4.77. The van der Waals surface area contributed by atoms with E-state index in [9.17, 15) is 4.79 Å². The van der Waals surface area contributed by atoms with E-state index in [1.165, 1.54) is 0 Å². The molecule has 3 N–H and O–H groups in total. The van der Waals surface area contributed by atoms with Gasteiger partial charge in [0.05, 0.1) is 5.69 Å². The predicted molar refractivity (Wildman–Crippen MR) is 101 cm³/mol. The first kappa shape index (κ1) is 19.1. The van der Waals surface area contributed by atoms with Gasteiger partial charge in [-0.1, -0.05) is 13.8 Å². The van der Waals surface area contributed by atoms with Crippen molar-refractivity contribution < 1.29 is 14.3 Å². The molecule has 0 atom stereocenters. The van der Waals surface area contributed by atoms with Crippen LogP contribution in [0.3, 0.4) is 0 Å². The average molecular weight is 363 g/mol. The molecule has 1 heterocycles. The van der Waals surface area contributed by atoms with E-state index < -0.39 is 11.7 Å². The van der Waals surface area contributed by atoms with E-state index in [1.54, 1.807) is 50.3 Å². The van der Waals surface area contributed by atoms with Crippen LogP contribution < -0.4 is 15.8 Å². The summed E-state index contributed by atoms with van der Waals surface area (Å²) >= 11 is 1.57. The second kappa shape index (κ2) is 7.74. The summed E-state index contributed by atoms with van der Waals surface area (Å²) in [5.41, 5.74) is 7.39. The molecule has 2 aromatic rings. The summed E-state index contributed by atoms with van der Waals surface area (Å²) in [6.45, 7) is 9.98. The fraction of sp³-hybridized carbons (Fsp3) is 0.444. The van der Waals surface area contributed by atoms with Crippen molar-refractivity contribution in [2.45, 2.75) is 52.7 Å². The summed E-state index contributed by atoms with van der Waals surface area (Å²) in [7, 11) is 0. The minimum atomic E-state index is -0.567. The van der Waals surface area contributed by atoms with Crippen LogP contribution in [0.5, 0.6) is 5.75 Å². The Morgan fingerprint density at radius 1 is 1.32 bits per heavy atom. The number of nitrogen functional groups attached to an aromatic ring is 1. The van der Waals surface area contributed by atoms with Crippen LogP contribution in [0.25, 0.3) is 0 Å². The lowest BCUT2D eigenvalue weighted by molar-refractivity contribution is 0.0636. The van der Waals surface area contributed by atoms with Gasteiger partial charge in [0.2, 0.25) is 0 Å². The summed E-state index contributed by atoms with van der Waals surface area (Å²) in [5.74, 6) is 0.953. The smallest absolute Gasteiger partial charge is 0.412 e. The van der Waals surface area contributed by atoms with E-state index in [0.29, 0.717) is 29.6 Å². The molecule has 0 saturated carbocycles. The number of thiazole rings is 1. The Morgan fingerprint density at radius 3 is 2.64 bits per heavy atom. The maximum absolute atomic E-state index is 11.9. The zero-order valence-electron chi connectivity index (χ0n) is 15.3. The third-order valence-corrected chi connectivity index (χ3v) is 3.94. The molecule has 1 aromatic carbocycles. The first-order chi connectivity index (χ1) is 11.6. The topological polar surface area (TPSA) is 86.5 Å². The maximum Gasteiger partial charge on any atom is 0.412 e. The number of amides is 1. The number of carbonyl (C=O) groups excluding carboxylic acids is 1. The largest absolute Gasteiger partial charge is 0.486 e. The van der Waals surface area contributed by atoms with E-state index in [-0.39, 0.29) is 0 Å². The highest BCUT2D eigenvalue weighted by Gasteiger charge is 2.16. The van der Waals surface area contributed by atoms with Crippen LogP contribution in [-0.2, 0) is 11.3 Å². The average Bonchev–Trinajstić information content (AvgIpc) is 2.91. The number of nitrogens with zero attached hydrogens (tertiary/aromatic N) is 1. The normalized spacial score (nSPS) is 11.4. The van der Waals surface area contributed by atoms with Crippen LogP contribution >= 0.6 is 11.3 Å². The molecule has 25 heavy (non-hydrogen) atoms. The standard InChI is InChI=1S/C18H25N3O3S/c1-11(2)15-10-25-16(21-15)9-23-14-7-12(19)6-13(8-14)20-17(22)24-18(3,4)5/h6-8,10-11H,9,19H2,1-5H3,(H,20,22). The van der Waals surface area contributed by atoms with Gasteiger partial charge in [0.1, 0.15) is 23.0 Å². The Hall–Kier alpha value is -2.28. The van der Waals surface area contributed by atoms with Gasteiger partial charge in [0, 0.05) is 28.9 Å². The Balaban J connectivity index is 2.01. The van der Waals surface area contributed by atoms with Crippen molar-refractivity contribution in [3.05, 3.63) is 34.3 Å². The highest BCUT2D eigenvalue weighted by atomic mass is 32.1. The van der Waals surface area contributed by atoms with Crippen LogP contribution in [0.15, 0.2) is 23.6 Å². The quantitative estimate of drug-likeness (QED) is 0.747. The number of ether oxygens (including phenoxy) is 2. The van der Waals surface area contributed by atoms with Gasteiger partial charge in [0.15, 0.2) is 0 Å². The Labute approximate surface area is 152 Å². The molecule has 0 radical (unpaired) electrons. The van der Waals surface area contributed by atoms with Gasteiger partial charge in [0.25, 0.3) is 0 Å². The fourth-order valence-electron chi connectivity index (χ4n) is 2.00. The van der Waals surface area contributed by atoms with Crippen LogP contribution in [0.2, 0.25) is 0 Å². The third kappa shape index (κ3) is 6.26. The molecule has 1 aromatic heterocycles. The van der Waals surface area contributed by atoms with Crippen molar-refractivity contribution in [3.63, 3.8) is 0 Å². The van der Waals surface area contributed by atoms with Crippen molar-refractivity contribution in [1.29, 1.82) is 0 Å². The van der Waals surface area contributed by atoms with Crippen LogP contribution in [0, 0.1) is 0 Å².